The third-order valence-corrected chi connectivity index (χ3v) is 5.76. The summed E-state index contributed by atoms with van der Waals surface area (Å²) in [5.74, 6) is 0.774. The molecule has 0 aliphatic rings. The van der Waals surface area contributed by atoms with E-state index in [-0.39, 0.29) is 5.91 Å². The van der Waals surface area contributed by atoms with Crippen LogP contribution in [0.2, 0.25) is 0 Å². The molecule has 0 spiro atoms. The van der Waals surface area contributed by atoms with E-state index in [1.807, 2.05) is 38.1 Å². The molecule has 0 aliphatic carbocycles. The molecule has 1 amide bonds. The Labute approximate surface area is 155 Å². The molecule has 25 heavy (non-hydrogen) atoms. The average Bonchev–Trinajstić information content (AvgIpc) is 3.04. The van der Waals surface area contributed by atoms with Crippen molar-refractivity contribution < 1.29 is 4.79 Å². The minimum absolute atomic E-state index is 0.0653. The van der Waals surface area contributed by atoms with Crippen LogP contribution in [0.15, 0.2) is 52.9 Å². The minimum Gasteiger partial charge on any atom is -0.300 e. The fourth-order valence-electron chi connectivity index (χ4n) is 2.37. The first kappa shape index (κ1) is 17.6. The molecule has 1 N–H and O–H groups in total. The van der Waals surface area contributed by atoms with Crippen molar-refractivity contribution in [1.82, 2.24) is 10.2 Å². The van der Waals surface area contributed by atoms with E-state index >= 15 is 0 Å². The van der Waals surface area contributed by atoms with Gasteiger partial charge in [-0.2, -0.15) is 0 Å². The number of carbonyl (C=O) groups excluding carboxylic acids is 1. The minimum atomic E-state index is -0.0653. The standard InChI is InChI=1S/C19H19N3OS2/c1-13-8-9-14(2)16(10-13)11-17(23)20-18-21-22-19(25-18)24-12-15-6-4-3-5-7-15/h3-10H,11-12H2,1-2H3,(H,20,21,23). The number of anilines is 1. The van der Waals surface area contributed by atoms with Crippen LogP contribution in [0.1, 0.15) is 22.3 Å². The molecule has 0 fully saturated rings. The number of nitrogens with zero attached hydrogens (tertiary/aromatic N) is 2. The summed E-state index contributed by atoms with van der Waals surface area (Å²) in [7, 11) is 0. The Bertz CT molecular complexity index is 862. The fraction of sp³-hybridized carbons (Fsp3) is 0.211. The number of thioether (sulfide) groups is 1. The van der Waals surface area contributed by atoms with Gasteiger partial charge < -0.3 is 5.32 Å². The Balaban J connectivity index is 1.55. The van der Waals surface area contributed by atoms with Gasteiger partial charge >= 0.3 is 0 Å². The van der Waals surface area contributed by atoms with Crippen molar-refractivity contribution in [3.8, 4) is 0 Å². The van der Waals surface area contributed by atoms with Crippen LogP contribution in [0.25, 0.3) is 0 Å². The molecule has 3 aromatic rings. The smallest absolute Gasteiger partial charge is 0.230 e. The Morgan fingerprint density at radius 1 is 1.12 bits per heavy atom. The Morgan fingerprint density at radius 3 is 2.72 bits per heavy atom. The summed E-state index contributed by atoms with van der Waals surface area (Å²) in [6.45, 7) is 4.05. The van der Waals surface area contributed by atoms with E-state index in [0.29, 0.717) is 11.6 Å². The van der Waals surface area contributed by atoms with E-state index in [1.54, 1.807) is 11.8 Å². The zero-order valence-corrected chi connectivity index (χ0v) is 15.8. The third-order valence-electron chi connectivity index (χ3n) is 3.71. The van der Waals surface area contributed by atoms with E-state index in [0.717, 1.165) is 26.8 Å². The molecule has 0 radical (unpaired) electrons. The van der Waals surface area contributed by atoms with Crippen LogP contribution >= 0.6 is 23.1 Å². The van der Waals surface area contributed by atoms with E-state index in [4.69, 9.17) is 0 Å². The van der Waals surface area contributed by atoms with Crippen LogP contribution in [0.3, 0.4) is 0 Å². The van der Waals surface area contributed by atoms with Crippen molar-refractivity contribution in [3.05, 3.63) is 70.8 Å². The summed E-state index contributed by atoms with van der Waals surface area (Å²) in [6, 6.07) is 16.4. The zero-order chi connectivity index (χ0) is 17.6. The van der Waals surface area contributed by atoms with Crippen molar-refractivity contribution in [3.63, 3.8) is 0 Å². The van der Waals surface area contributed by atoms with Crippen molar-refractivity contribution in [2.45, 2.75) is 30.4 Å². The lowest BCUT2D eigenvalue weighted by Crippen LogP contribution is -2.15. The van der Waals surface area contributed by atoms with Crippen LogP contribution in [0, 0.1) is 13.8 Å². The number of carbonyl (C=O) groups is 1. The summed E-state index contributed by atoms with van der Waals surface area (Å²) in [5, 5.41) is 11.6. The number of hydrogen-bond donors (Lipinski definition) is 1. The van der Waals surface area contributed by atoms with Gasteiger partial charge in [-0.05, 0) is 30.5 Å². The molecule has 2 aromatic carbocycles. The molecule has 3 rings (SSSR count). The van der Waals surface area contributed by atoms with E-state index in [1.165, 1.54) is 16.9 Å². The van der Waals surface area contributed by atoms with Gasteiger partial charge in [0.15, 0.2) is 4.34 Å². The summed E-state index contributed by atoms with van der Waals surface area (Å²) in [6.07, 6.45) is 0.347. The number of hydrogen-bond acceptors (Lipinski definition) is 5. The molecule has 0 bridgehead atoms. The Kier molecular flexibility index (Phi) is 5.83. The number of nitrogens with one attached hydrogen (secondary N) is 1. The Hall–Kier alpha value is -2.18. The van der Waals surface area contributed by atoms with Crippen LogP contribution in [0.5, 0.6) is 0 Å². The highest BCUT2D eigenvalue weighted by molar-refractivity contribution is 8.00. The molecule has 0 saturated carbocycles. The predicted octanol–water partition coefficient (Wildman–Crippen LogP) is 4.63. The van der Waals surface area contributed by atoms with Crippen LogP contribution in [-0.2, 0) is 17.0 Å². The van der Waals surface area contributed by atoms with Gasteiger partial charge in [0.2, 0.25) is 11.0 Å². The van der Waals surface area contributed by atoms with Crippen LogP contribution < -0.4 is 5.32 Å². The van der Waals surface area contributed by atoms with E-state index in [2.05, 4.69) is 39.8 Å². The largest absolute Gasteiger partial charge is 0.300 e. The lowest BCUT2D eigenvalue weighted by molar-refractivity contribution is -0.115. The van der Waals surface area contributed by atoms with Crippen LogP contribution in [-0.4, -0.2) is 16.1 Å². The Morgan fingerprint density at radius 2 is 1.92 bits per heavy atom. The second kappa shape index (κ2) is 8.27. The molecule has 1 heterocycles. The summed E-state index contributed by atoms with van der Waals surface area (Å²) < 4.78 is 0.853. The van der Waals surface area contributed by atoms with Gasteiger partial charge in [-0.1, -0.05) is 77.2 Å². The second-order valence-corrected chi connectivity index (χ2v) is 8.00. The van der Waals surface area contributed by atoms with Gasteiger partial charge in [0, 0.05) is 5.75 Å². The number of amides is 1. The zero-order valence-electron chi connectivity index (χ0n) is 14.2. The second-order valence-electron chi connectivity index (χ2n) is 5.80. The number of rotatable bonds is 6. The first-order valence-corrected chi connectivity index (χ1v) is 9.76. The molecule has 0 aliphatic heterocycles. The molecule has 128 valence electrons. The monoisotopic (exact) mass is 369 g/mol. The van der Waals surface area contributed by atoms with Crippen molar-refractivity contribution in [2.24, 2.45) is 0 Å². The maximum atomic E-state index is 12.3. The molecule has 1 aromatic heterocycles. The first-order valence-electron chi connectivity index (χ1n) is 7.96. The quantitative estimate of drug-likeness (QED) is 0.508. The summed E-state index contributed by atoms with van der Waals surface area (Å²) >= 11 is 3.03. The van der Waals surface area contributed by atoms with Crippen molar-refractivity contribution in [1.29, 1.82) is 0 Å². The highest BCUT2D eigenvalue weighted by Gasteiger charge is 2.11. The fourth-order valence-corrected chi connectivity index (χ4v) is 4.09. The predicted molar refractivity (Wildman–Crippen MR) is 104 cm³/mol. The molecular formula is C19H19N3OS2. The van der Waals surface area contributed by atoms with Crippen molar-refractivity contribution >= 4 is 34.1 Å². The maximum Gasteiger partial charge on any atom is 0.230 e. The van der Waals surface area contributed by atoms with Gasteiger partial charge in [0.05, 0.1) is 6.42 Å². The highest BCUT2D eigenvalue weighted by Crippen LogP contribution is 2.28. The molecule has 6 heteroatoms. The van der Waals surface area contributed by atoms with E-state index in [9.17, 15) is 4.79 Å². The molecule has 0 atom stereocenters. The highest BCUT2D eigenvalue weighted by atomic mass is 32.2. The van der Waals surface area contributed by atoms with Gasteiger partial charge in [0.1, 0.15) is 0 Å². The van der Waals surface area contributed by atoms with Gasteiger partial charge in [-0.3, -0.25) is 4.79 Å². The van der Waals surface area contributed by atoms with Gasteiger partial charge in [-0.25, -0.2) is 0 Å². The molecule has 4 nitrogen and oxygen atoms in total. The number of aryl methyl sites for hydroxylation is 2. The summed E-state index contributed by atoms with van der Waals surface area (Å²) in [5.41, 5.74) is 4.56. The maximum absolute atomic E-state index is 12.3. The lowest BCUT2D eigenvalue weighted by Gasteiger charge is -2.06. The van der Waals surface area contributed by atoms with Gasteiger partial charge in [0.25, 0.3) is 0 Å². The molecule has 0 saturated heterocycles. The van der Waals surface area contributed by atoms with Crippen molar-refractivity contribution in [2.75, 3.05) is 5.32 Å². The number of benzene rings is 2. The SMILES string of the molecule is Cc1ccc(C)c(CC(=O)Nc2nnc(SCc3ccccc3)s2)c1. The normalized spacial score (nSPS) is 10.6. The van der Waals surface area contributed by atoms with E-state index < -0.39 is 0 Å². The molecule has 0 unspecified atom stereocenters. The number of aromatic nitrogens is 2. The topological polar surface area (TPSA) is 54.9 Å². The van der Waals surface area contributed by atoms with Gasteiger partial charge in [-0.15, -0.1) is 10.2 Å². The average molecular weight is 370 g/mol. The third kappa shape index (κ3) is 5.14. The summed E-state index contributed by atoms with van der Waals surface area (Å²) in [4.78, 5) is 12.3. The lowest BCUT2D eigenvalue weighted by atomic mass is 10.0. The first-order chi connectivity index (χ1) is 12.1. The van der Waals surface area contributed by atoms with Crippen LogP contribution in [0.4, 0.5) is 5.13 Å². The molecular weight excluding hydrogens is 350 g/mol.